The van der Waals surface area contributed by atoms with Gasteiger partial charge in [-0.2, -0.15) is 15.0 Å². The van der Waals surface area contributed by atoms with Gasteiger partial charge in [0.25, 0.3) is 0 Å². The highest BCUT2D eigenvalue weighted by Crippen LogP contribution is 2.22. The fourth-order valence-electron chi connectivity index (χ4n) is 1.61. The van der Waals surface area contributed by atoms with Crippen molar-refractivity contribution in [1.29, 1.82) is 0 Å². The molecule has 0 bridgehead atoms. The molecule has 0 saturated carbocycles. The summed E-state index contributed by atoms with van der Waals surface area (Å²) in [5.74, 6) is 1.11. The minimum Gasteiger partial charge on any atom is -0.461 e. The Kier molecular flexibility index (Phi) is 4.89. The molecule has 2 rings (SSSR count). The molecule has 20 heavy (non-hydrogen) atoms. The summed E-state index contributed by atoms with van der Waals surface area (Å²) in [6.07, 6.45) is 0.0160. The number of nitrogens with one attached hydrogen (secondary N) is 1. The van der Waals surface area contributed by atoms with Crippen LogP contribution in [0.1, 0.15) is 20.8 Å². The van der Waals surface area contributed by atoms with Crippen LogP contribution in [0.5, 0.6) is 6.01 Å². The lowest BCUT2D eigenvalue weighted by Gasteiger charge is -2.11. The van der Waals surface area contributed by atoms with Crippen molar-refractivity contribution in [3.63, 3.8) is 0 Å². The molecule has 0 aliphatic rings. The standard InChI is InChI=1S/C14H17BrN4O/c1-4-16-13-17-12(10-6-5-7-11(15)8-10)18-14(19-13)20-9(2)3/h5-9H,4H2,1-3H3,(H,16,17,18,19). The molecule has 106 valence electrons. The molecule has 0 atom stereocenters. The number of ether oxygens (including phenoxy) is 1. The van der Waals surface area contributed by atoms with Crippen LogP contribution in [0.4, 0.5) is 5.95 Å². The van der Waals surface area contributed by atoms with E-state index in [1.165, 1.54) is 0 Å². The van der Waals surface area contributed by atoms with Gasteiger partial charge in [0, 0.05) is 16.6 Å². The summed E-state index contributed by atoms with van der Waals surface area (Å²) in [6, 6.07) is 8.15. The van der Waals surface area contributed by atoms with Gasteiger partial charge >= 0.3 is 6.01 Å². The maximum Gasteiger partial charge on any atom is 0.322 e. The van der Waals surface area contributed by atoms with Crippen LogP contribution in [0.3, 0.4) is 0 Å². The SMILES string of the molecule is CCNc1nc(OC(C)C)nc(-c2cccc(Br)c2)n1. The first-order valence-corrected chi connectivity index (χ1v) is 7.30. The highest BCUT2D eigenvalue weighted by Gasteiger charge is 2.10. The van der Waals surface area contributed by atoms with E-state index in [2.05, 4.69) is 36.2 Å². The van der Waals surface area contributed by atoms with Crippen molar-refractivity contribution in [2.75, 3.05) is 11.9 Å². The van der Waals surface area contributed by atoms with Crippen LogP contribution >= 0.6 is 15.9 Å². The summed E-state index contributed by atoms with van der Waals surface area (Å²) in [5.41, 5.74) is 0.912. The summed E-state index contributed by atoms with van der Waals surface area (Å²) in [7, 11) is 0. The molecular weight excluding hydrogens is 320 g/mol. The first-order chi connectivity index (χ1) is 9.58. The third-order valence-electron chi connectivity index (χ3n) is 2.37. The topological polar surface area (TPSA) is 59.9 Å². The Bertz CT molecular complexity index is 589. The van der Waals surface area contributed by atoms with Gasteiger partial charge < -0.3 is 10.1 Å². The first kappa shape index (κ1) is 14.7. The zero-order valence-corrected chi connectivity index (χ0v) is 13.3. The van der Waals surface area contributed by atoms with Crippen LogP contribution < -0.4 is 10.1 Å². The summed E-state index contributed by atoms with van der Waals surface area (Å²) in [5, 5.41) is 3.09. The molecule has 1 heterocycles. The fourth-order valence-corrected chi connectivity index (χ4v) is 2.01. The maximum atomic E-state index is 5.58. The number of hydrogen-bond acceptors (Lipinski definition) is 5. The fraction of sp³-hybridized carbons (Fsp3) is 0.357. The lowest BCUT2D eigenvalue weighted by molar-refractivity contribution is 0.222. The van der Waals surface area contributed by atoms with Gasteiger partial charge in [0.1, 0.15) is 0 Å². The molecule has 1 aromatic heterocycles. The summed E-state index contributed by atoms with van der Waals surface area (Å²) < 4.78 is 6.56. The lowest BCUT2D eigenvalue weighted by Crippen LogP contribution is -2.12. The minimum atomic E-state index is 0.0160. The molecule has 0 aliphatic heterocycles. The molecule has 0 saturated heterocycles. The second kappa shape index (κ2) is 6.65. The molecule has 0 spiro atoms. The number of aromatic nitrogens is 3. The van der Waals surface area contributed by atoms with Crippen molar-refractivity contribution in [2.24, 2.45) is 0 Å². The van der Waals surface area contributed by atoms with Gasteiger partial charge in [-0.1, -0.05) is 28.1 Å². The van der Waals surface area contributed by atoms with Gasteiger partial charge in [0.2, 0.25) is 5.95 Å². The lowest BCUT2D eigenvalue weighted by atomic mass is 10.2. The predicted molar refractivity (Wildman–Crippen MR) is 82.9 cm³/mol. The van der Waals surface area contributed by atoms with Crippen molar-refractivity contribution in [2.45, 2.75) is 26.9 Å². The summed E-state index contributed by atoms with van der Waals surface area (Å²) in [6.45, 7) is 6.61. The monoisotopic (exact) mass is 336 g/mol. The highest BCUT2D eigenvalue weighted by molar-refractivity contribution is 9.10. The van der Waals surface area contributed by atoms with Crippen LogP contribution in [0.15, 0.2) is 28.7 Å². The van der Waals surface area contributed by atoms with Gasteiger partial charge in [0.05, 0.1) is 6.10 Å². The molecular formula is C14H17BrN4O. The van der Waals surface area contributed by atoms with Gasteiger partial charge in [0.15, 0.2) is 5.82 Å². The van der Waals surface area contributed by atoms with E-state index in [9.17, 15) is 0 Å². The Morgan fingerprint density at radius 3 is 2.70 bits per heavy atom. The quantitative estimate of drug-likeness (QED) is 0.905. The second-order valence-corrected chi connectivity index (χ2v) is 5.39. The average Bonchev–Trinajstić information content (AvgIpc) is 2.38. The van der Waals surface area contributed by atoms with Crippen LogP contribution in [-0.2, 0) is 0 Å². The van der Waals surface area contributed by atoms with E-state index in [0.29, 0.717) is 17.8 Å². The smallest absolute Gasteiger partial charge is 0.322 e. The van der Waals surface area contributed by atoms with Gasteiger partial charge in [-0.05, 0) is 32.9 Å². The van der Waals surface area contributed by atoms with E-state index in [0.717, 1.165) is 16.6 Å². The van der Waals surface area contributed by atoms with Crippen LogP contribution in [0.25, 0.3) is 11.4 Å². The molecule has 0 aliphatic carbocycles. The second-order valence-electron chi connectivity index (χ2n) is 4.47. The highest BCUT2D eigenvalue weighted by atomic mass is 79.9. The third kappa shape index (κ3) is 3.90. The Morgan fingerprint density at radius 2 is 2.05 bits per heavy atom. The number of halogens is 1. The molecule has 1 N–H and O–H groups in total. The van der Waals surface area contributed by atoms with Gasteiger partial charge in [-0.15, -0.1) is 0 Å². The molecule has 0 unspecified atom stereocenters. The van der Waals surface area contributed by atoms with E-state index in [1.807, 2.05) is 45.0 Å². The third-order valence-corrected chi connectivity index (χ3v) is 2.87. The maximum absolute atomic E-state index is 5.58. The Balaban J connectivity index is 2.43. The molecule has 0 radical (unpaired) electrons. The number of anilines is 1. The summed E-state index contributed by atoms with van der Waals surface area (Å²) in [4.78, 5) is 13.0. The van der Waals surface area contributed by atoms with Crippen LogP contribution in [0, 0.1) is 0 Å². The average molecular weight is 337 g/mol. The van der Waals surface area contributed by atoms with Gasteiger partial charge in [-0.3, -0.25) is 0 Å². The van der Waals surface area contributed by atoms with Crippen molar-refractivity contribution in [3.8, 4) is 17.4 Å². The molecule has 2 aromatic rings. The van der Waals surface area contributed by atoms with E-state index >= 15 is 0 Å². The van der Waals surface area contributed by atoms with Crippen molar-refractivity contribution in [1.82, 2.24) is 15.0 Å². The largest absolute Gasteiger partial charge is 0.461 e. The Hall–Kier alpha value is -1.69. The molecule has 6 heteroatoms. The van der Waals surface area contributed by atoms with Crippen LogP contribution in [0.2, 0.25) is 0 Å². The number of hydrogen-bond donors (Lipinski definition) is 1. The van der Waals surface area contributed by atoms with E-state index in [-0.39, 0.29) is 6.10 Å². The Morgan fingerprint density at radius 1 is 1.25 bits per heavy atom. The number of benzene rings is 1. The van der Waals surface area contributed by atoms with Crippen molar-refractivity contribution in [3.05, 3.63) is 28.7 Å². The molecule has 1 aromatic carbocycles. The van der Waals surface area contributed by atoms with Crippen molar-refractivity contribution >= 4 is 21.9 Å². The molecule has 0 amide bonds. The zero-order valence-electron chi connectivity index (χ0n) is 11.7. The minimum absolute atomic E-state index is 0.0160. The van der Waals surface area contributed by atoms with Gasteiger partial charge in [-0.25, -0.2) is 0 Å². The van der Waals surface area contributed by atoms with Crippen LogP contribution in [-0.4, -0.2) is 27.6 Å². The predicted octanol–water partition coefficient (Wildman–Crippen LogP) is 3.52. The zero-order chi connectivity index (χ0) is 14.5. The number of nitrogens with zero attached hydrogens (tertiary/aromatic N) is 3. The first-order valence-electron chi connectivity index (χ1n) is 6.51. The van der Waals surface area contributed by atoms with E-state index in [4.69, 9.17) is 4.74 Å². The normalized spacial score (nSPS) is 10.7. The van der Waals surface area contributed by atoms with E-state index in [1.54, 1.807) is 0 Å². The Labute approximate surface area is 127 Å². The van der Waals surface area contributed by atoms with Crippen molar-refractivity contribution < 1.29 is 4.74 Å². The molecule has 0 fully saturated rings. The summed E-state index contributed by atoms with van der Waals surface area (Å²) >= 11 is 3.45. The molecule has 5 nitrogen and oxygen atoms in total. The number of rotatable bonds is 5. The van der Waals surface area contributed by atoms with E-state index < -0.39 is 0 Å².